The molecular weight excluding hydrogens is 362 g/mol. The molecule has 136 valence electrons. The first-order valence-corrected chi connectivity index (χ1v) is 10.9. The number of nitrogens with one attached hydrogen (secondary N) is 1. The van der Waals surface area contributed by atoms with Crippen molar-refractivity contribution >= 4 is 38.5 Å². The van der Waals surface area contributed by atoms with E-state index in [2.05, 4.69) is 9.97 Å². The zero-order valence-corrected chi connectivity index (χ0v) is 15.6. The second-order valence-electron chi connectivity index (χ2n) is 5.98. The number of benzene rings is 1. The predicted octanol–water partition coefficient (Wildman–Crippen LogP) is 1.32. The van der Waals surface area contributed by atoms with Crippen LogP contribution in [0, 0.1) is 0 Å². The molecule has 0 radical (unpaired) electrons. The summed E-state index contributed by atoms with van der Waals surface area (Å²) >= 11 is 1.33. The first kappa shape index (κ1) is 18.2. The molecule has 0 aliphatic carbocycles. The van der Waals surface area contributed by atoms with Gasteiger partial charge in [-0.05, 0) is 18.6 Å². The molecule has 25 heavy (non-hydrogen) atoms. The highest BCUT2D eigenvalue weighted by Gasteiger charge is 2.34. The Morgan fingerprint density at radius 3 is 2.92 bits per heavy atom. The lowest BCUT2D eigenvalue weighted by Gasteiger charge is -2.27. The second kappa shape index (κ2) is 7.76. The molecule has 7 nitrogen and oxygen atoms in total. The van der Waals surface area contributed by atoms with Crippen molar-refractivity contribution in [3.05, 3.63) is 24.3 Å². The Morgan fingerprint density at radius 2 is 2.24 bits per heavy atom. The van der Waals surface area contributed by atoms with Crippen LogP contribution in [-0.2, 0) is 19.4 Å². The number of H-pyrrole nitrogens is 1. The quantitative estimate of drug-likeness (QED) is 0.725. The Hall–Kier alpha value is -1.58. The maximum atomic E-state index is 12.6. The number of rotatable bonds is 7. The summed E-state index contributed by atoms with van der Waals surface area (Å²) in [6.45, 7) is 0.786. The summed E-state index contributed by atoms with van der Waals surface area (Å²) in [6.07, 6.45) is 0.493. The second-order valence-corrected chi connectivity index (χ2v) is 9.18. The number of carbonyl (C=O) groups is 1. The molecule has 0 saturated carbocycles. The van der Waals surface area contributed by atoms with Gasteiger partial charge in [0.05, 0.1) is 34.9 Å². The van der Waals surface area contributed by atoms with Crippen LogP contribution in [0.2, 0.25) is 0 Å². The van der Waals surface area contributed by atoms with Crippen molar-refractivity contribution in [1.82, 2.24) is 14.9 Å². The third-order valence-electron chi connectivity index (χ3n) is 4.21. The highest BCUT2D eigenvalue weighted by Crippen LogP contribution is 2.22. The summed E-state index contributed by atoms with van der Waals surface area (Å²) in [5, 5.41) is 0.681. The summed E-state index contributed by atoms with van der Waals surface area (Å²) in [4.78, 5) is 21.9. The molecule has 0 unspecified atom stereocenters. The Balaban J connectivity index is 1.65. The van der Waals surface area contributed by atoms with Crippen molar-refractivity contribution in [2.45, 2.75) is 17.6 Å². The fourth-order valence-corrected chi connectivity index (χ4v) is 5.43. The topological polar surface area (TPSA) is 92.4 Å². The van der Waals surface area contributed by atoms with Crippen LogP contribution >= 0.6 is 11.8 Å². The third-order valence-corrected chi connectivity index (χ3v) is 6.81. The lowest BCUT2D eigenvalue weighted by atomic mass is 10.2. The van der Waals surface area contributed by atoms with Crippen molar-refractivity contribution in [3.8, 4) is 0 Å². The van der Waals surface area contributed by atoms with Crippen molar-refractivity contribution in [3.63, 3.8) is 0 Å². The van der Waals surface area contributed by atoms with E-state index in [9.17, 15) is 13.2 Å². The Bertz CT molecular complexity index is 817. The highest BCUT2D eigenvalue weighted by molar-refractivity contribution is 7.99. The van der Waals surface area contributed by atoms with Gasteiger partial charge >= 0.3 is 0 Å². The summed E-state index contributed by atoms with van der Waals surface area (Å²) in [6, 6.07) is 7.42. The van der Waals surface area contributed by atoms with E-state index in [1.807, 2.05) is 24.3 Å². The number of ether oxygens (including phenoxy) is 1. The Morgan fingerprint density at radius 1 is 1.44 bits per heavy atom. The van der Waals surface area contributed by atoms with Crippen molar-refractivity contribution in [2.75, 3.05) is 37.5 Å². The van der Waals surface area contributed by atoms with E-state index in [-0.39, 0.29) is 29.2 Å². The van der Waals surface area contributed by atoms with Gasteiger partial charge in [-0.25, -0.2) is 13.4 Å². The standard InChI is InChI=1S/C16H21N3O4S2/c1-23-8-7-19(12-6-9-25(21,22)11-12)15(20)10-24-16-17-13-4-2-3-5-14(13)18-16/h2-5,12H,6-11H2,1H3,(H,17,18)/t12-/m1/s1. The molecule has 2 heterocycles. The molecule has 0 spiro atoms. The number of imidazole rings is 1. The van der Waals surface area contributed by atoms with Crippen molar-refractivity contribution in [1.29, 1.82) is 0 Å². The number of amides is 1. The van der Waals surface area contributed by atoms with Crippen LogP contribution in [0.3, 0.4) is 0 Å². The van der Waals surface area contributed by atoms with Gasteiger partial charge in [-0.3, -0.25) is 4.79 Å². The number of hydrogen-bond donors (Lipinski definition) is 1. The molecule has 1 aliphatic heterocycles. The van der Waals surface area contributed by atoms with Gasteiger partial charge < -0.3 is 14.6 Å². The molecule has 1 amide bonds. The van der Waals surface area contributed by atoms with E-state index < -0.39 is 9.84 Å². The van der Waals surface area contributed by atoms with Gasteiger partial charge in [-0.1, -0.05) is 23.9 Å². The maximum absolute atomic E-state index is 12.6. The summed E-state index contributed by atoms with van der Waals surface area (Å²) in [7, 11) is -1.48. The molecule has 1 fully saturated rings. The number of fused-ring (bicyclic) bond motifs is 1. The van der Waals surface area contributed by atoms with E-state index in [4.69, 9.17) is 4.74 Å². The number of aromatic nitrogens is 2. The average Bonchev–Trinajstić information content (AvgIpc) is 3.16. The summed E-state index contributed by atoms with van der Waals surface area (Å²) in [5.74, 6) is 0.299. The number of hydrogen-bond acceptors (Lipinski definition) is 6. The number of thioether (sulfide) groups is 1. The molecule has 1 aliphatic rings. The minimum absolute atomic E-state index is 0.0394. The molecule has 0 bridgehead atoms. The van der Waals surface area contributed by atoms with Crippen LogP contribution in [0.25, 0.3) is 11.0 Å². The van der Waals surface area contributed by atoms with Gasteiger partial charge in [0.25, 0.3) is 0 Å². The van der Waals surface area contributed by atoms with Crippen molar-refractivity contribution in [2.24, 2.45) is 0 Å². The van der Waals surface area contributed by atoms with Crippen LogP contribution in [0.5, 0.6) is 0 Å². The third kappa shape index (κ3) is 4.53. The summed E-state index contributed by atoms with van der Waals surface area (Å²) < 4.78 is 28.5. The van der Waals surface area contributed by atoms with Crippen LogP contribution in [-0.4, -0.2) is 72.8 Å². The molecule has 1 saturated heterocycles. The van der Waals surface area contributed by atoms with Gasteiger partial charge in [0, 0.05) is 19.7 Å². The molecular formula is C16H21N3O4S2. The molecule has 1 aromatic carbocycles. The van der Waals surface area contributed by atoms with Crippen LogP contribution in [0.15, 0.2) is 29.4 Å². The smallest absolute Gasteiger partial charge is 0.233 e. The SMILES string of the molecule is COCCN(C(=O)CSc1nc2ccccc2[nH]1)[C@@H]1CCS(=O)(=O)C1. The number of para-hydroxylation sites is 2. The fraction of sp³-hybridized carbons (Fsp3) is 0.500. The average molecular weight is 383 g/mol. The summed E-state index contributed by atoms with van der Waals surface area (Å²) in [5.41, 5.74) is 1.78. The van der Waals surface area contributed by atoms with Gasteiger partial charge in [0.15, 0.2) is 15.0 Å². The van der Waals surface area contributed by atoms with Crippen LogP contribution in [0.4, 0.5) is 0 Å². The minimum atomic E-state index is -3.04. The zero-order chi connectivity index (χ0) is 17.9. The van der Waals surface area contributed by atoms with E-state index in [1.54, 1.807) is 12.0 Å². The fourth-order valence-electron chi connectivity index (χ4n) is 2.93. The first-order chi connectivity index (χ1) is 12.0. The molecule has 1 aromatic heterocycles. The molecule has 9 heteroatoms. The number of nitrogens with zero attached hydrogens (tertiary/aromatic N) is 2. The Labute approximate surface area is 151 Å². The van der Waals surface area contributed by atoms with E-state index in [0.717, 1.165) is 11.0 Å². The number of methoxy groups -OCH3 is 1. The minimum Gasteiger partial charge on any atom is -0.383 e. The number of sulfone groups is 1. The van der Waals surface area contributed by atoms with E-state index in [1.165, 1.54) is 11.8 Å². The van der Waals surface area contributed by atoms with Crippen molar-refractivity contribution < 1.29 is 17.9 Å². The van der Waals surface area contributed by atoms with E-state index >= 15 is 0 Å². The lowest BCUT2D eigenvalue weighted by molar-refractivity contribution is -0.130. The molecule has 1 atom stereocenters. The van der Waals surface area contributed by atoms with Gasteiger partial charge in [0.1, 0.15) is 0 Å². The monoisotopic (exact) mass is 383 g/mol. The number of aromatic amines is 1. The first-order valence-electron chi connectivity index (χ1n) is 8.05. The maximum Gasteiger partial charge on any atom is 0.233 e. The number of carbonyl (C=O) groups excluding carboxylic acids is 1. The van der Waals surface area contributed by atoms with Gasteiger partial charge in [-0.2, -0.15) is 0 Å². The Kier molecular flexibility index (Phi) is 5.65. The molecule has 3 rings (SSSR count). The highest BCUT2D eigenvalue weighted by atomic mass is 32.2. The van der Waals surface area contributed by atoms with E-state index in [0.29, 0.717) is 24.7 Å². The molecule has 1 N–H and O–H groups in total. The lowest BCUT2D eigenvalue weighted by Crippen LogP contribution is -2.44. The van der Waals surface area contributed by atoms with Crippen LogP contribution < -0.4 is 0 Å². The van der Waals surface area contributed by atoms with Gasteiger partial charge in [0.2, 0.25) is 5.91 Å². The van der Waals surface area contributed by atoms with Crippen LogP contribution in [0.1, 0.15) is 6.42 Å². The molecule has 2 aromatic rings. The zero-order valence-electron chi connectivity index (χ0n) is 14.0. The normalized spacial score (nSPS) is 19.3. The largest absolute Gasteiger partial charge is 0.383 e. The predicted molar refractivity (Wildman–Crippen MR) is 97.5 cm³/mol. The van der Waals surface area contributed by atoms with Gasteiger partial charge in [-0.15, -0.1) is 0 Å².